The lowest BCUT2D eigenvalue weighted by Crippen LogP contribution is -2.38. The Kier molecular flexibility index (Phi) is 6.37. The van der Waals surface area contributed by atoms with Gasteiger partial charge in [-0.15, -0.1) is 0 Å². The van der Waals surface area contributed by atoms with E-state index in [9.17, 15) is 0 Å². The number of hydrogen-bond donors (Lipinski definition) is 1. The van der Waals surface area contributed by atoms with E-state index in [1.807, 2.05) is 0 Å². The van der Waals surface area contributed by atoms with Gasteiger partial charge in [-0.2, -0.15) is 0 Å². The average molecular weight is 226 g/mol. The molecule has 16 heavy (non-hydrogen) atoms. The van der Waals surface area contributed by atoms with Crippen LogP contribution in [0.25, 0.3) is 0 Å². The van der Waals surface area contributed by atoms with Gasteiger partial charge in [-0.05, 0) is 38.3 Å². The largest absolute Gasteiger partial charge is 0.314 e. The molecule has 0 bridgehead atoms. The van der Waals surface area contributed by atoms with E-state index in [1.165, 1.54) is 38.8 Å². The summed E-state index contributed by atoms with van der Waals surface area (Å²) in [7, 11) is 0. The fraction of sp³-hybridized carbons (Fsp3) is 1.00. The predicted molar refractivity (Wildman–Crippen MR) is 71.8 cm³/mol. The highest BCUT2D eigenvalue weighted by atomic mass is 15.2. The maximum atomic E-state index is 3.59. The molecule has 1 saturated carbocycles. The highest BCUT2D eigenvalue weighted by Crippen LogP contribution is 2.25. The molecular formula is C14H30N2. The van der Waals surface area contributed by atoms with Crippen molar-refractivity contribution in [1.82, 2.24) is 10.2 Å². The van der Waals surface area contributed by atoms with Crippen LogP contribution in [0.3, 0.4) is 0 Å². The summed E-state index contributed by atoms with van der Waals surface area (Å²) in [6.07, 6.45) is 5.43. The van der Waals surface area contributed by atoms with Crippen molar-refractivity contribution >= 4 is 0 Å². The van der Waals surface area contributed by atoms with Crippen LogP contribution in [0.15, 0.2) is 0 Å². The third kappa shape index (κ3) is 4.06. The third-order valence-corrected chi connectivity index (χ3v) is 4.06. The zero-order valence-electron chi connectivity index (χ0n) is 11.6. The number of nitrogens with zero attached hydrogens (tertiary/aromatic N) is 1. The lowest BCUT2D eigenvalue weighted by Gasteiger charge is -2.30. The first-order valence-electron chi connectivity index (χ1n) is 7.18. The fourth-order valence-corrected chi connectivity index (χ4v) is 2.83. The van der Waals surface area contributed by atoms with Gasteiger partial charge in [-0.25, -0.2) is 0 Å². The van der Waals surface area contributed by atoms with Crippen molar-refractivity contribution in [2.75, 3.05) is 19.6 Å². The number of hydrogen-bond acceptors (Lipinski definition) is 2. The van der Waals surface area contributed by atoms with Gasteiger partial charge < -0.3 is 10.2 Å². The van der Waals surface area contributed by atoms with Crippen molar-refractivity contribution in [1.29, 1.82) is 0 Å². The fourth-order valence-electron chi connectivity index (χ4n) is 2.83. The van der Waals surface area contributed by atoms with Crippen LogP contribution < -0.4 is 5.32 Å². The lowest BCUT2D eigenvalue weighted by molar-refractivity contribution is 0.177. The van der Waals surface area contributed by atoms with E-state index in [0.717, 1.165) is 24.5 Å². The van der Waals surface area contributed by atoms with Gasteiger partial charge in [0.05, 0.1) is 0 Å². The van der Waals surface area contributed by atoms with Crippen molar-refractivity contribution in [2.45, 2.75) is 65.5 Å². The minimum atomic E-state index is 0.779. The first kappa shape index (κ1) is 14.0. The van der Waals surface area contributed by atoms with Crippen molar-refractivity contribution in [2.24, 2.45) is 5.92 Å². The van der Waals surface area contributed by atoms with Gasteiger partial charge in [-0.3, -0.25) is 0 Å². The van der Waals surface area contributed by atoms with Gasteiger partial charge in [-0.1, -0.05) is 34.1 Å². The number of nitrogens with one attached hydrogen (secondary N) is 1. The normalized spacial score (nSPS) is 27.6. The topological polar surface area (TPSA) is 15.3 Å². The van der Waals surface area contributed by atoms with Gasteiger partial charge in [0, 0.05) is 18.6 Å². The molecule has 0 saturated heterocycles. The summed E-state index contributed by atoms with van der Waals surface area (Å²) in [4.78, 5) is 2.70. The summed E-state index contributed by atoms with van der Waals surface area (Å²) in [5, 5.41) is 3.59. The molecule has 0 radical (unpaired) electrons. The molecule has 0 aromatic carbocycles. The maximum Gasteiger partial charge on any atom is 0.0111 e. The Morgan fingerprint density at radius 2 is 2.00 bits per heavy atom. The molecule has 1 rings (SSSR count). The molecule has 0 heterocycles. The van der Waals surface area contributed by atoms with E-state index < -0.39 is 0 Å². The molecule has 1 aliphatic rings. The summed E-state index contributed by atoms with van der Waals surface area (Å²) >= 11 is 0. The van der Waals surface area contributed by atoms with E-state index in [2.05, 4.69) is 37.9 Å². The summed E-state index contributed by atoms with van der Waals surface area (Å²) in [6.45, 7) is 12.8. The second-order valence-electron chi connectivity index (χ2n) is 5.32. The second-order valence-corrected chi connectivity index (χ2v) is 5.32. The van der Waals surface area contributed by atoms with Gasteiger partial charge in [0.15, 0.2) is 0 Å². The molecule has 96 valence electrons. The number of rotatable bonds is 7. The highest BCUT2D eigenvalue weighted by Gasteiger charge is 2.28. The highest BCUT2D eigenvalue weighted by molar-refractivity contribution is 4.86. The van der Waals surface area contributed by atoms with Crippen molar-refractivity contribution in [3.63, 3.8) is 0 Å². The van der Waals surface area contributed by atoms with E-state index in [-0.39, 0.29) is 0 Å². The molecule has 1 aliphatic carbocycles. The Morgan fingerprint density at radius 1 is 1.25 bits per heavy atom. The van der Waals surface area contributed by atoms with Crippen LogP contribution in [0.2, 0.25) is 0 Å². The van der Waals surface area contributed by atoms with E-state index in [0.29, 0.717) is 0 Å². The Balaban J connectivity index is 2.36. The smallest absolute Gasteiger partial charge is 0.0111 e. The van der Waals surface area contributed by atoms with Crippen LogP contribution in [0.4, 0.5) is 0 Å². The third-order valence-electron chi connectivity index (χ3n) is 4.06. The Hall–Kier alpha value is -0.0800. The lowest BCUT2D eigenvalue weighted by atomic mass is 10.1. The second kappa shape index (κ2) is 7.29. The van der Waals surface area contributed by atoms with Crippen molar-refractivity contribution < 1.29 is 0 Å². The Morgan fingerprint density at radius 3 is 2.56 bits per heavy atom. The molecule has 0 amide bonds. The monoisotopic (exact) mass is 226 g/mol. The SMILES string of the molecule is CCNC1CCC(N(CC)CC(C)CC)C1. The molecule has 0 spiro atoms. The van der Waals surface area contributed by atoms with Crippen molar-refractivity contribution in [3.8, 4) is 0 Å². The molecule has 0 aliphatic heterocycles. The van der Waals surface area contributed by atoms with E-state index in [4.69, 9.17) is 0 Å². The molecular weight excluding hydrogens is 196 g/mol. The van der Waals surface area contributed by atoms with E-state index in [1.54, 1.807) is 0 Å². The quantitative estimate of drug-likeness (QED) is 0.718. The molecule has 1 fully saturated rings. The van der Waals surface area contributed by atoms with Gasteiger partial charge in [0.25, 0.3) is 0 Å². The first-order valence-corrected chi connectivity index (χ1v) is 7.18. The van der Waals surface area contributed by atoms with Crippen LogP contribution in [-0.2, 0) is 0 Å². The van der Waals surface area contributed by atoms with Gasteiger partial charge in [0.2, 0.25) is 0 Å². The zero-order valence-corrected chi connectivity index (χ0v) is 11.6. The summed E-state index contributed by atoms with van der Waals surface area (Å²) in [5.41, 5.74) is 0. The van der Waals surface area contributed by atoms with Crippen molar-refractivity contribution in [3.05, 3.63) is 0 Å². The first-order chi connectivity index (χ1) is 7.71. The minimum absolute atomic E-state index is 0.779. The standard InChI is InChI=1S/C14H30N2/c1-5-12(4)11-16(7-3)14-9-8-13(10-14)15-6-2/h12-15H,5-11H2,1-4H3. The van der Waals surface area contributed by atoms with E-state index >= 15 is 0 Å². The van der Waals surface area contributed by atoms with Gasteiger partial charge >= 0.3 is 0 Å². The molecule has 3 unspecified atom stereocenters. The molecule has 1 N–H and O–H groups in total. The summed E-state index contributed by atoms with van der Waals surface area (Å²) < 4.78 is 0. The molecule has 0 aromatic rings. The average Bonchev–Trinajstić information content (AvgIpc) is 2.74. The minimum Gasteiger partial charge on any atom is -0.314 e. The van der Waals surface area contributed by atoms with Gasteiger partial charge in [0.1, 0.15) is 0 Å². The van der Waals surface area contributed by atoms with Crippen LogP contribution in [0, 0.1) is 5.92 Å². The summed E-state index contributed by atoms with van der Waals surface area (Å²) in [6, 6.07) is 1.61. The summed E-state index contributed by atoms with van der Waals surface area (Å²) in [5.74, 6) is 0.845. The Labute approximate surface area is 102 Å². The maximum absolute atomic E-state index is 3.59. The zero-order chi connectivity index (χ0) is 12.0. The van der Waals surface area contributed by atoms with Crippen LogP contribution in [0.5, 0.6) is 0 Å². The molecule has 2 heteroatoms. The Bertz CT molecular complexity index is 182. The molecule has 0 aromatic heterocycles. The predicted octanol–water partition coefficient (Wildman–Crippen LogP) is 2.89. The molecule has 2 nitrogen and oxygen atoms in total. The van der Waals surface area contributed by atoms with Crippen LogP contribution in [0.1, 0.15) is 53.4 Å². The van der Waals surface area contributed by atoms with Crippen LogP contribution in [-0.4, -0.2) is 36.6 Å². The molecule has 3 atom stereocenters. The van der Waals surface area contributed by atoms with Crippen LogP contribution >= 0.6 is 0 Å².